The Kier molecular flexibility index (Phi) is 5.32. The van der Waals surface area contributed by atoms with Crippen LogP contribution in [0.3, 0.4) is 0 Å². The quantitative estimate of drug-likeness (QED) is 0.744. The molecule has 4 heteroatoms. The molecular formula is C11H22N2OS. The normalized spacial score (nSPS) is 18.9. The lowest BCUT2D eigenvalue weighted by Crippen LogP contribution is -2.46. The Hall–Kier alpha value is -0.350. The first-order valence-electron chi connectivity index (χ1n) is 5.67. The first-order chi connectivity index (χ1) is 7.15. The minimum Gasteiger partial charge on any atom is -0.383 e. The van der Waals surface area contributed by atoms with Gasteiger partial charge in [-0.1, -0.05) is 12.8 Å². The van der Waals surface area contributed by atoms with Gasteiger partial charge >= 0.3 is 0 Å². The monoisotopic (exact) mass is 230 g/mol. The Bertz CT molecular complexity index is 205. The molecule has 88 valence electrons. The van der Waals surface area contributed by atoms with Crippen molar-refractivity contribution in [1.29, 1.82) is 0 Å². The lowest BCUT2D eigenvalue weighted by Gasteiger charge is -2.29. The Morgan fingerprint density at radius 2 is 2.13 bits per heavy atom. The summed E-state index contributed by atoms with van der Waals surface area (Å²) in [6.45, 7) is 2.83. The van der Waals surface area contributed by atoms with Crippen LogP contribution in [-0.4, -0.2) is 42.9 Å². The van der Waals surface area contributed by atoms with Crippen molar-refractivity contribution in [3.63, 3.8) is 0 Å². The first-order valence-corrected chi connectivity index (χ1v) is 6.08. The molecule has 1 rings (SSSR count). The van der Waals surface area contributed by atoms with Crippen LogP contribution in [0.1, 0.15) is 32.6 Å². The molecule has 1 fully saturated rings. The predicted octanol–water partition coefficient (Wildman–Crippen LogP) is 1.77. The molecule has 1 atom stereocenters. The van der Waals surface area contributed by atoms with E-state index in [0.717, 1.165) is 5.11 Å². The fraction of sp³-hybridized carbons (Fsp3) is 0.909. The van der Waals surface area contributed by atoms with Gasteiger partial charge in [0.1, 0.15) is 0 Å². The Morgan fingerprint density at radius 3 is 2.67 bits per heavy atom. The number of thiocarbonyl (C=S) groups is 1. The lowest BCUT2D eigenvalue weighted by atomic mass is 10.2. The zero-order valence-electron chi connectivity index (χ0n) is 9.95. The van der Waals surface area contributed by atoms with E-state index in [1.807, 2.05) is 7.05 Å². The molecule has 0 aromatic heterocycles. The molecule has 0 heterocycles. The maximum absolute atomic E-state index is 5.36. The maximum atomic E-state index is 5.36. The van der Waals surface area contributed by atoms with Crippen LogP contribution in [0.4, 0.5) is 0 Å². The number of nitrogens with zero attached hydrogens (tertiary/aromatic N) is 1. The van der Waals surface area contributed by atoms with E-state index < -0.39 is 0 Å². The van der Waals surface area contributed by atoms with Gasteiger partial charge < -0.3 is 15.0 Å². The second-order valence-corrected chi connectivity index (χ2v) is 4.73. The van der Waals surface area contributed by atoms with Gasteiger partial charge in [0, 0.05) is 20.2 Å². The van der Waals surface area contributed by atoms with Crippen molar-refractivity contribution in [2.75, 3.05) is 20.8 Å². The molecule has 0 amide bonds. The molecule has 1 aliphatic rings. The highest BCUT2D eigenvalue weighted by molar-refractivity contribution is 7.80. The summed E-state index contributed by atoms with van der Waals surface area (Å²) in [4.78, 5) is 2.08. The summed E-state index contributed by atoms with van der Waals surface area (Å²) in [5.41, 5.74) is 0. The smallest absolute Gasteiger partial charge is 0.169 e. The minimum absolute atomic E-state index is 0.330. The number of rotatable bonds is 4. The van der Waals surface area contributed by atoms with E-state index in [9.17, 15) is 0 Å². The van der Waals surface area contributed by atoms with Gasteiger partial charge in [-0.3, -0.25) is 0 Å². The Labute approximate surface area is 98.2 Å². The second kappa shape index (κ2) is 6.28. The average Bonchev–Trinajstić information content (AvgIpc) is 2.69. The third-order valence-corrected chi connectivity index (χ3v) is 3.48. The molecule has 0 saturated heterocycles. The van der Waals surface area contributed by atoms with Crippen LogP contribution in [0.25, 0.3) is 0 Å². The number of ether oxygens (including phenoxy) is 1. The summed E-state index contributed by atoms with van der Waals surface area (Å²) in [7, 11) is 3.74. The van der Waals surface area contributed by atoms with Crippen molar-refractivity contribution < 1.29 is 4.74 Å². The highest BCUT2D eigenvalue weighted by Crippen LogP contribution is 2.17. The molecule has 3 nitrogen and oxygen atoms in total. The van der Waals surface area contributed by atoms with Crippen molar-refractivity contribution >= 4 is 17.3 Å². The van der Waals surface area contributed by atoms with E-state index in [-0.39, 0.29) is 0 Å². The van der Waals surface area contributed by atoms with Crippen molar-refractivity contribution in [2.24, 2.45) is 0 Å². The number of likely N-dealkylation sites (N-methyl/N-ethyl adjacent to an activating group) is 1. The average molecular weight is 230 g/mol. The number of methoxy groups -OCH3 is 1. The largest absolute Gasteiger partial charge is 0.383 e. The SMILES string of the molecule is COCC(C)N(C)C(=S)NC1CCCC1. The van der Waals surface area contributed by atoms with Gasteiger partial charge in [0.25, 0.3) is 0 Å². The van der Waals surface area contributed by atoms with Crippen LogP contribution in [0.15, 0.2) is 0 Å². The summed E-state index contributed by atoms with van der Waals surface area (Å²) in [6, 6.07) is 0.922. The summed E-state index contributed by atoms with van der Waals surface area (Å²) in [5.74, 6) is 0. The topological polar surface area (TPSA) is 24.5 Å². The Morgan fingerprint density at radius 1 is 1.53 bits per heavy atom. The fourth-order valence-corrected chi connectivity index (χ4v) is 2.25. The molecule has 0 spiro atoms. The van der Waals surface area contributed by atoms with Crippen molar-refractivity contribution in [3.05, 3.63) is 0 Å². The molecule has 0 bridgehead atoms. The third kappa shape index (κ3) is 3.95. The molecule has 0 aliphatic heterocycles. The van der Waals surface area contributed by atoms with Gasteiger partial charge in [0.15, 0.2) is 5.11 Å². The Balaban J connectivity index is 2.31. The highest BCUT2D eigenvalue weighted by atomic mass is 32.1. The van der Waals surface area contributed by atoms with E-state index in [2.05, 4.69) is 17.1 Å². The molecule has 1 saturated carbocycles. The van der Waals surface area contributed by atoms with E-state index in [4.69, 9.17) is 17.0 Å². The number of hydrogen-bond acceptors (Lipinski definition) is 2. The maximum Gasteiger partial charge on any atom is 0.169 e. The van der Waals surface area contributed by atoms with Gasteiger partial charge in [-0.25, -0.2) is 0 Å². The van der Waals surface area contributed by atoms with Crippen LogP contribution in [0.2, 0.25) is 0 Å². The van der Waals surface area contributed by atoms with Crippen molar-refractivity contribution in [1.82, 2.24) is 10.2 Å². The minimum atomic E-state index is 0.330. The van der Waals surface area contributed by atoms with Crippen LogP contribution < -0.4 is 5.32 Å². The van der Waals surface area contributed by atoms with E-state index >= 15 is 0 Å². The van der Waals surface area contributed by atoms with Crippen molar-refractivity contribution in [3.8, 4) is 0 Å². The predicted molar refractivity (Wildman–Crippen MR) is 67.1 cm³/mol. The van der Waals surface area contributed by atoms with Crippen LogP contribution in [0, 0.1) is 0 Å². The zero-order chi connectivity index (χ0) is 11.3. The molecule has 0 radical (unpaired) electrons. The third-order valence-electron chi connectivity index (χ3n) is 3.07. The molecule has 0 aromatic carbocycles. The molecular weight excluding hydrogens is 208 g/mol. The van der Waals surface area contributed by atoms with E-state index in [0.29, 0.717) is 18.7 Å². The number of hydrogen-bond donors (Lipinski definition) is 1. The molecule has 1 aliphatic carbocycles. The summed E-state index contributed by atoms with van der Waals surface area (Å²) in [5, 5.41) is 4.27. The molecule has 15 heavy (non-hydrogen) atoms. The van der Waals surface area contributed by atoms with Crippen LogP contribution in [-0.2, 0) is 4.74 Å². The zero-order valence-corrected chi connectivity index (χ0v) is 10.8. The fourth-order valence-electron chi connectivity index (χ4n) is 1.90. The van der Waals surface area contributed by atoms with Crippen LogP contribution >= 0.6 is 12.2 Å². The van der Waals surface area contributed by atoms with Crippen molar-refractivity contribution in [2.45, 2.75) is 44.7 Å². The summed E-state index contributed by atoms with van der Waals surface area (Å²) >= 11 is 5.36. The van der Waals surface area contributed by atoms with Crippen LogP contribution in [0.5, 0.6) is 0 Å². The molecule has 0 aromatic rings. The molecule has 1 unspecified atom stereocenters. The highest BCUT2D eigenvalue weighted by Gasteiger charge is 2.18. The standard InChI is InChI=1S/C11H22N2OS/c1-9(8-14-3)13(2)11(15)12-10-6-4-5-7-10/h9-10H,4-8H2,1-3H3,(H,12,15). The van der Waals surface area contributed by atoms with Gasteiger partial charge in [-0.2, -0.15) is 0 Å². The van der Waals surface area contributed by atoms with E-state index in [1.54, 1.807) is 7.11 Å². The van der Waals surface area contributed by atoms with Gasteiger partial charge in [-0.15, -0.1) is 0 Å². The van der Waals surface area contributed by atoms with E-state index in [1.165, 1.54) is 25.7 Å². The number of nitrogens with one attached hydrogen (secondary N) is 1. The molecule has 1 N–H and O–H groups in total. The van der Waals surface area contributed by atoms with Gasteiger partial charge in [-0.05, 0) is 32.0 Å². The lowest BCUT2D eigenvalue weighted by molar-refractivity contribution is 0.145. The first kappa shape index (κ1) is 12.7. The summed E-state index contributed by atoms with van der Waals surface area (Å²) < 4.78 is 5.12. The van der Waals surface area contributed by atoms with Gasteiger partial charge in [0.2, 0.25) is 0 Å². The summed E-state index contributed by atoms with van der Waals surface area (Å²) in [6.07, 6.45) is 5.18. The van der Waals surface area contributed by atoms with Gasteiger partial charge in [0.05, 0.1) is 12.6 Å². The second-order valence-electron chi connectivity index (χ2n) is 4.35.